The molecule has 50 heavy (non-hydrogen) atoms. The van der Waals surface area contributed by atoms with Gasteiger partial charge in [0.05, 0.1) is 35.5 Å². The number of amides is 2. The molecular formula is C38H45N5O6S. The molecule has 1 saturated heterocycles. The average Bonchev–Trinajstić information content (AvgIpc) is 3.82. The van der Waals surface area contributed by atoms with Gasteiger partial charge < -0.3 is 20.5 Å². The number of benzene rings is 1. The lowest BCUT2D eigenvalue weighted by atomic mass is 9.45. The molecular weight excluding hydrogens is 655 g/mol. The van der Waals surface area contributed by atoms with E-state index < -0.39 is 35.0 Å². The molecule has 11 nitrogen and oxygen atoms in total. The van der Waals surface area contributed by atoms with Crippen LogP contribution in [-0.2, 0) is 25.5 Å². The summed E-state index contributed by atoms with van der Waals surface area (Å²) >= 11 is 0.913. The number of nitrogens with two attached hydrogens (primary N) is 1. The molecule has 1 aromatic carbocycles. The number of thioether (sulfide) groups is 1. The third-order valence-corrected chi connectivity index (χ3v) is 13.8. The van der Waals surface area contributed by atoms with Crippen molar-refractivity contribution in [3.63, 3.8) is 0 Å². The van der Waals surface area contributed by atoms with Crippen molar-refractivity contribution in [2.45, 2.75) is 96.3 Å². The molecule has 3 N–H and O–H groups in total. The zero-order chi connectivity index (χ0) is 35.6. The number of aliphatic hydroxyl groups excluding tert-OH is 1. The predicted molar refractivity (Wildman–Crippen MR) is 186 cm³/mol. The van der Waals surface area contributed by atoms with Crippen molar-refractivity contribution in [1.82, 2.24) is 14.7 Å². The van der Waals surface area contributed by atoms with E-state index in [0.717, 1.165) is 48.0 Å². The van der Waals surface area contributed by atoms with Crippen molar-refractivity contribution in [2.24, 2.45) is 34.3 Å². The van der Waals surface area contributed by atoms with E-state index in [0.29, 0.717) is 44.2 Å². The number of nitriles is 1. The Bertz CT molecular complexity index is 1830. The number of ether oxygens (including phenoxy) is 1. The molecule has 2 aromatic rings. The van der Waals surface area contributed by atoms with Gasteiger partial charge in [-0.15, -0.1) is 0 Å². The number of nitrogens with zero attached hydrogens (tertiary/aromatic N) is 4. The first-order valence-corrected chi connectivity index (χ1v) is 18.8. The van der Waals surface area contributed by atoms with Gasteiger partial charge in [-0.3, -0.25) is 19.2 Å². The molecule has 2 amide bonds. The van der Waals surface area contributed by atoms with Gasteiger partial charge in [-0.25, -0.2) is 4.68 Å². The van der Waals surface area contributed by atoms with Crippen molar-refractivity contribution in [1.29, 1.82) is 5.26 Å². The second-order valence-electron chi connectivity index (χ2n) is 15.3. The summed E-state index contributed by atoms with van der Waals surface area (Å²) in [5.74, 6) is -1.03. The first-order valence-electron chi connectivity index (χ1n) is 17.8. The summed E-state index contributed by atoms with van der Waals surface area (Å²) in [7, 11) is 0. The van der Waals surface area contributed by atoms with Gasteiger partial charge in [-0.2, -0.15) is 10.4 Å². The molecule has 8 atom stereocenters. The molecule has 7 rings (SSSR count). The lowest BCUT2D eigenvalue weighted by Gasteiger charge is -2.60. The minimum Gasteiger partial charge on any atom is -0.449 e. The molecule has 0 radical (unpaired) electrons. The fourth-order valence-corrected chi connectivity index (χ4v) is 11.5. The predicted octanol–water partition coefficient (Wildman–Crippen LogP) is 4.59. The number of rotatable bonds is 7. The SMILES string of the molecule is CCC(=O)O[C@]1(C(=O)SCC#N)CC[C@H]2[C@@H]3CCC4=Cc5c(cnn5-c5cccc(C(=O)N6CCC[C@@H]6C(N)=O)c5)C[C@]4(C)[C@H]3[C@@H](O)C[C@@]21C. The Labute approximate surface area is 296 Å². The van der Waals surface area contributed by atoms with Crippen LogP contribution >= 0.6 is 11.8 Å². The summed E-state index contributed by atoms with van der Waals surface area (Å²) in [6, 6.07) is 8.76. The van der Waals surface area contributed by atoms with Gasteiger partial charge >= 0.3 is 5.97 Å². The maximum absolute atomic E-state index is 13.8. The van der Waals surface area contributed by atoms with Crippen LogP contribution in [0.2, 0.25) is 0 Å². The van der Waals surface area contributed by atoms with E-state index >= 15 is 0 Å². The van der Waals surface area contributed by atoms with Crippen LogP contribution in [-0.4, -0.2) is 72.7 Å². The van der Waals surface area contributed by atoms with Gasteiger partial charge in [-0.05, 0) is 104 Å². The van der Waals surface area contributed by atoms with Gasteiger partial charge in [0.1, 0.15) is 6.04 Å². The number of likely N-dealkylation sites (tertiary alicyclic amines) is 1. The molecule has 1 aromatic heterocycles. The summed E-state index contributed by atoms with van der Waals surface area (Å²) in [6.07, 6.45) is 8.61. The van der Waals surface area contributed by atoms with Crippen molar-refractivity contribution < 1.29 is 29.0 Å². The summed E-state index contributed by atoms with van der Waals surface area (Å²) in [5.41, 5.74) is 7.61. The van der Waals surface area contributed by atoms with E-state index in [-0.39, 0.29) is 46.4 Å². The van der Waals surface area contributed by atoms with Gasteiger partial charge in [0.2, 0.25) is 11.0 Å². The number of carbonyl (C=O) groups excluding carboxylic acids is 4. The van der Waals surface area contributed by atoms with E-state index in [1.54, 1.807) is 17.9 Å². The average molecular weight is 700 g/mol. The second-order valence-corrected chi connectivity index (χ2v) is 16.2. The highest BCUT2D eigenvalue weighted by Crippen LogP contribution is 2.69. The Kier molecular flexibility index (Phi) is 8.74. The number of aromatic nitrogens is 2. The Morgan fingerprint density at radius 1 is 1.20 bits per heavy atom. The van der Waals surface area contributed by atoms with Gasteiger partial charge in [-0.1, -0.05) is 44.2 Å². The standard InChI is InChI=1S/C38H45N5O6S/c1-4-31(45)49-38(35(48)50-16-14-39)13-12-27-26-11-10-24-18-29-23(19-36(24,2)32(26)30(44)20-37(27,38)3)21-41-43(29)25-8-5-7-22(17-25)34(47)42-15-6-9-28(42)33(40)46/h5,7-8,17-18,21,26-28,30,32,44H,4,6,9-13,15-16,19-20H2,1-3H3,(H2,40,46)/t26-,27-,28+,30-,32+,36-,37-,38-/m0/s1. The van der Waals surface area contributed by atoms with Crippen LogP contribution in [0.15, 0.2) is 36.0 Å². The Morgan fingerprint density at radius 2 is 2.00 bits per heavy atom. The van der Waals surface area contributed by atoms with E-state index in [2.05, 4.69) is 13.0 Å². The van der Waals surface area contributed by atoms with E-state index in [4.69, 9.17) is 15.6 Å². The van der Waals surface area contributed by atoms with Crippen LogP contribution in [0.4, 0.5) is 0 Å². The number of hydrogen-bond donors (Lipinski definition) is 2. The number of allylic oxidation sites excluding steroid dienone is 1. The molecule has 0 spiro atoms. The lowest BCUT2D eigenvalue weighted by Crippen LogP contribution is -2.62. The van der Waals surface area contributed by atoms with Crippen molar-refractivity contribution >= 4 is 40.7 Å². The molecule has 5 aliphatic rings. The van der Waals surface area contributed by atoms with E-state index in [1.165, 1.54) is 5.57 Å². The van der Waals surface area contributed by atoms with Crippen LogP contribution in [0, 0.1) is 39.9 Å². The fourth-order valence-electron chi connectivity index (χ4n) is 10.6. The Balaban J connectivity index is 1.18. The summed E-state index contributed by atoms with van der Waals surface area (Å²) in [4.78, 5) is 53.6. The van der Waals surface area contributed by atoms with Crippen LogP contribution in [0.1, 0.15) is 93.8 Å². The quantitative estimate of drug-likeness (QED) is 0.393. The zero-order valence-electron chi connectivity index (χ0n) is 28.9. The highest BCUT2D eigenvalue weighted by molar-refractivity contribution is 8.14. The lowest BCUT2D eigenvalue weighted by molar-refractivity contribution is -0.196. The largest absolute Gasteiger partial charge is 0.449 e. The number of primary amides is 1. The van der Waals surface area contributed by atoms with Crippen molar-refractivity contribution in [2.75, 3.05) is 12.3 Å². The third kappa shape index (κ3) is 5.14. The number of fused-ring (bicyclic) bond motifs is 6. The summed E-state index contributed by atoms with van der Waals surface area (Å²) in [6.45, 7) is 6.48. The molecule has 3 saturated carbocycles. The van der Waals surface area contributed by atoms with Gasteiger partial charge in [0, 0.05) is 23.9 Å². The van der Waals surface area contributed by atoms with Crippen molar-refractivity contribution in [3.05, 3.63) is 52.9 Å². The number of esters is 1. The van der Waals surface area contributed by atoms with Crippen molar-refractivity contribution in [3.8, 4) is 11.8 Å². The smallest absolute Gasteiger partial charge is 0.306 e. The molecule has 264 valence electrons. The highest BCUT2D eigenvalue weighted by Gasteiger charge is 2.70. The van der Waals surface area contributed by atoms with Gasteiger partial charge in [0.25, 0.3) is 5.91 Å². The number of carbonyl (C=O) groups is 4. The molecule has 4 fully saturated rings. The minimum absolute atomic E-state index is 0.0172. The van der Waals surface area contributed by atoms with E-state index in [1.807, 2.05) is 42.1 Å². The maximum Gasteiger partial charge on any atom is 0.306 e. The number of aliphatic hydroxyl groups is 1. The van der Waals surface area contributed by atoms with E-state index in [9.17, 15) is 29.5 Å². The highest BCUT2D eigenvalue weighted by atomic mass is 32.2. The minimum atomic E-state index is -1.37. The van der Waals surface area contributed by atoms with Crippen LogP contribution in [0.3, 0.4) is 0 Å². The topological polar surface area (TPSA) is 169 Å². The monoisotopic (exact) mass is 699 g/mol. The first-order chi connectivity index (χ1) is 23.9. The Morgan fingerprint density at radius 3 is 2.74 bits per heavy atom. The maximum atomic E-state index is 13.8. The first kappa shape index (κ1) is 34.5. The third-order valence-electron chi connectivity index (χ3n) is 12.9. The van der Waals surface area contributed by atoms with Crippen LogP contribution in [0.5, 0.6) is 0 Å². The molecule has 2 heterocycles. The summed E-state index contributed by atoms with van der Waals surface area (Å²) in [5, 5.41) is 25.9. The molecule has 0 bridgehead atoms. The Hall–Kier alpha value is -3.95. The van der Waals surface area contributed by atoms with Gasteiger partial charge in [0.15, 0.2) is 5.60 Å². The number of hydrogen-bond acceptors (Lipinski definition) is 9. The zero-order valence-corrected chi connectivity index (χ0v) is 29.7. The fraction of sp³-hybridized carbons (Fsp3) is 0.579. The molecule has 0 unspecified atom stereocenters. The second kappa shape index (κ2) is 12.7. The van der Waals surface area contributed by atoms with Crippen LogP contribution in [0.25, 0.3) is 11.8 Å². The molecule has 4 aliphatic carbocycles. The molecule has 12 heteroatoms. The van der Waals surface area contributed by atoms with Crippen LogP contribution < -0.4 is 5.73 Å². The normalized spacial score (nSPS) is 34.0. The molecule has 1 aliphatic heterocycles. The summed E-state index contributed by atoms with van der Waals surface area (Å²) < 4.78 is 7.97.